The van der Waals surface area contributed by atoms with Crippen molar-refractivity contribution >= 4 is 6.09 Å². The molecule has 1 aromatic heterocycles. The molecule has 0 spiro atoms. The Labute approximate surface area is 163 Å². The fourth-order valence-corrected chi connectivity index (χ4v) is 3.97. The van der Waals surface area contributed by atoms with E-state index in [1.807, 2.05) is 38.1 Å². The lowest BCUT2D eigenvalue weighted by molar-refractivity contribution is 0.141. The van der Waals surface area contributed by atoms with E-state index in [-0.39, 0.29) is 30.1 Å². The minimum atomic E-state index is -0.685. The van der Waals surface area contributed by atoms with E-state index < -0.39 is 6.09 Å². The van der Waals surface area contributed by atoms with Gasteiger partial charge in [-0.2, -0.15) is 0 Å². The van der Waals surface area contributed by atoms with Gasteiger partial charge in [-0.1, -0.05) is 62.4 Å². The SMILES string of the molecule is CC(C)Cc1c(O)cc(O)n1C(=O)OCC1c2ccccc2-c2ccccc21. The smallest absolute Gasteiger partial charge is 0.421 e. The minimum absolute atomic E-state index is 0.0591. The van der Waals surface area contributed by atoms with E-state index >= 15 is 0 Å². The van der Waals surface area contributed by atoms with Gasteiger partial charge in [-0.25, -0.2) is 9.36 Å². The van der Waals surface area contributed by atoms with Gasteiger partial charge in [0.2, 0.25) is 5.88 Å². The summed E-state index contributed by atoms with van der Waals surface area (Å²) in [5.41, 5.74) is 4.92. The molecule has 0 atom stereocenters. The number of benzene rings is 2. The molecule has 0 saturated heterocycles. The third-order valence-electron chi connectivity index (χ3n) is 5.18. The number of hydrogen-bond donors (Lipinski definition) is 2. The third kappa shape index (κ3) is 3.03. The number of aromatic nitrogens is 1. The summed E-state index contributed by atoms with van der Waals surface area (Å²) in [6.07, 6.45) is -0.230. The highest BCUT2D eigenvalue weighted by molar-refractivity contribution is 5.79. The summed E-state index contributed by atoms with van der Waals surface area (Å²) in [7, 11) is 0. The molecule has 28 heavy (non-hydrogen) atoms. The highest BCUT2D eigenvalue weighted by atomic mass is 16.6. The van der Waals surface area contributed by atoms with Crippen molar-refractivity contribution in [2.75, 3.05) is 6.61 Å². The first-order chi connectivity index (χ1) is 13.5. The lowest BCUT2D eigenvalue weighted by Crippen LogP contribution is -2.20. The molecule has 0 amide bonds. The molecule has 1 heterocycles. The van der Waals surface area contributed by atoms with E-state index in [4.69, 9.17) is 4.74 Å². The van der Waals surface area contributed by atoms with Crippen molar-refractivity contribution in [3.63, 3.8) is 0 Å². The van der Waals surface area contributed by atoms with Gasteiger partial charge in [0.05, 0.1) is 5.69 Å². The quantitative estimate of drug-likeness (QED) is 0.679. The number of aromatic hydroxyl groups is 2. The Kier molecular flexibility index (Phi) is 4.59. The van der Waals surface area contributed by atoms with Crippen LogP contribution in [0.3, 0.4) is 0 Å². The van der Waals surface area contributed by atoms with Gasteiger partial charge in [0.25, 0.3) is 0 Å². The molecule has 0 radical (unpaired) electrons. The number of carbonyl (C=O) groups is 1. The lowest BCUT2D eigenvalue weighted by Gasteiger charge is -2.16. The predicted octanol–water partition coefficient (Wildman–Crippen LogP) is 4.90. The molecule has 2 N–H and O–H groups in total. The molecule has 3 aromatic rings. The Balaban J connectivity index is 1.60. The Morgan fingerprint density at radius 1 is 1.04 bits per heavy atom. The topological polar surface area (TPSA) is 71.7 Å². The summed E-state index contributed by atoms with van der Waals surface area (Å²) < 4.78 is 6.65. The molecule has 144 valence electrons. The third-order valence-corrected chi connectivity index (χ3v) is 5.18. The Morgan fingerprint density at radius 3 is 2.18 bits per heavy atom. The second kappa shape index (κ2) is 7.08. The highest BCUT2D eigenvalue weighted by Crippen LogP contribution is 2.44. The average molecular weight is 377 g/mol. The van der Waals surface area contributed by atoms with Crippen molar-refractivity contribution in [2.45, 2.75) is 26.2 Å². The standard InChI is InChI=1S/C23H23NO4/c1-14(2)11-20-21(25)12-22(26)24(20)23(27)28-13-19-17-9-5-3-7-15(17)16-8-4-6-10-18(16)19/h3-10,12,14,19,25-26H,11,13H2,1-2H3. The number of hydrogen-bond acceptors (Lipinski definition) is 4. The van der Waals surface area contributed by atoms with Crippen LogP contribution in [-0.2, 0) is 11.2 Å². The zero-order valence-corrected chi connectivity index (χ0v) is 15.9. The second-order valence-corrected chi connectivity index (χ2v) is 7.57. The molecule has 0 unspecified atom stereocenters. The van der Waals surface area contributed by atoms with Crippen molar-refractivity contribution in [3.8, 4) is 22.8 Å². The maximum absolute atomic E-state index is 12.7. The first-order valence-electron chi connectivity index (χ1n) is 9.45. The minimum Gasteiger partial charge on any atom is -0.506 e. The van der Waals surface area contributed by atoms with Crippen molar-refractivity contribution < 1.29 is 19.7 Å². The average Bonchev–Trinajstić information content (AvgIpc) is 3.13. The summed E-state index contributed by atoms with van der Waals surface area (Å²) in [4.78, 5) is 12.7. The van der Waals surface area contributed by atoms with Crippen LogP contribution in [0.5, 0.6) is 11.6 Å². The van der Waals surface area contributed by atoms with Crippen molar-refractivity contribution in [1.82, 2.24) is 4.57 Å². The van der Waals surface area contributed by atoms with E-state index in [0.717, 1.165) is 26.8 Å². The molecule has 4 rings (SSSR count). The Hall–Kier alpha value is -3.21. The highest BCUT2D eigenvalue weighted by Gasteiger charge is 2.30. The summed E-state index contributed by atoms with van der Waals surface area (Å²) in [5.74, 6) is -0.262. The van der Waals surface area contributed by atoms with Crippen LogP contribution in [0.2, 0.25) is 0 Å². The van der Waals surface area contributed by atoms with Gasteiger partial charge >= 0.3 is 6.09 Å². The predicted molar refractivity (Wildman–Crippen MR) is 107 cm³/mol. The van der Waals surface area contributed by atoms with E-state index in [1.54, 1.807) is 0 Å². The second-order valence-electron chi connectivity index (χ2n) is 7.57. The maximum atomic E-state index is 12.7. The number of carbonyl (C=O) groups excluding carboxylic acids is 1. The van der Waals surface area contributed by atoms with Crippen LogP contribution < -0.4 is 0 Å². The monoisotopic (exact) mass is 377 g/mol. The number of ether oxygens (including phenoxy) is 1. The van der Waals surface area contributed by atoms with Crippen molar-refractivity contribution in [3.05, 3.63) is 71.4 Å². The molecule has 5 heteroatoms. The summed E-state index contributed by atoms with van der Waals surface area (Å²) >= 11 is 0. The first kappa shape index (κ1) is 18.2. The molecule has 0 saturated carbocycles. The van der Waals surface area contributed by atoms with Gasteiger partial charge < -0.3 is 14.9 Å². The fourth-order valence-electron chi connectivity index (χ4n) is 3.97. The van der Waals surface area contributed by atoms with Crippen LogP contribution in [0.1, 0.15) is 36.6 Å². The lowest BCUT2D eigenvalue weighted by atomic mass is 9.98. The van der Waals surface area contributed by atoms with E-state index in [9.17, 15) is 15.0 Å². The summed E-state index contributed by atoms with van der Waals surface area (Å²) in [6, 6.07) is 17.4. The van der Waals surface area contributed by atoms with Gasteiger partial charge in [0.1, 0.15) is 12.4 Å². The molecule has 0 bridgehead atoms. The van der Waals surface area contributed by atoms with Crippen molar-refractivity contribution in [1.29, 1.82) is 0 Å². The zero-order valence-electron chi connectivity index (χ0n) is 15.9. The molecule has 2 aromatic carbocycles. The molecular formula is C23H23NO4. The van der Waals surface area contributed by atoms with E-state index in [1.165, 1.54) is 6.07 Å². The molecule has 5 nitrogen and oxygen atoms in total. The molecule has 0 aliphatic heterocycles. The molecule has 0 fully saturated rings. The Morgan fingerprint density at radius 2 is 1.61 bits per heavy atom. The largest absolute Gasteiger partial charge is 0.506 e. The summed E-state index contributed by atoms with van der Waals surface area (Å²) in [6.45, 7) is 4.11. The maximum Gasteiger partial charge on any atom is 0.421 e. The van der Waals surface area contributed by atoms with Gasteiger partial charge in [0.15, 0.2) is 0 Å². The molecular weight excluding hydrogens is 354 g/mol. The van der Waals surface area contributed by atoms with E-state index in [0.29, 0.717) is 12.1 Å². The van der Waals surface area contributed by atoms with Crippen LogP contribution >= 0.6 is 0 Å². The van der Waals surface area contributed by atoms with Crippen molar-refractivity contribution in [2.24, 2.45) is 5.92 Å². The number of fused-ring (bicyclic) bond motifs is 3. The van der Waals surface area contributed by atoms with Gasteiger partial charge in [-0.15, -0.1) is 0 Å². The summed E-state index contributed by atoms with van der Waals surface area (Å²) in [5, 5.41) is 20.2. The molecule has 1 aliphatic carbocycles. The fraction of sp³-hybridized carbons (Fsp3) is 0.261. The van der Waals surface area contributed by atoms with E-state index in [2.05, 4.69) is 24.3 Å². The van der Waals surface area contributed by atoms with Crippen LogP contribution in [0.15, 0.2) is 54.6 Å². The van der Waals surface area contributed by atoms with Crippen LogP contribution in [0, 0.1) is 5.92 Å². The van der Waals surface area contributed by atoms with Gasteiger partial charge in [-0.05, 0) is 34.6 Å². The van der Waals surface area contributed by atoms with Crippen LogP contribution in [0.4, 0.5) is 4.79 Å². The van der Waals surface area contributed by atoms with Gasteiger partial charge in [-0.3, -0.25) is 0 Å². The normalized spacial score (nSPS) is 12.8. The van der Waals surface area contributed by atoms with Gasteiger partial charge in [0, 0.05) is 12.0 Å². The Bertz CT molecular complexity index is 989. The van der Waals surface area contributed by atoms with Crippen LogP contribution in [0.25, 0.3) is 11.1 Å². The zero-order chi connectivity index (χ0) is 19.8. The molecule has 1 aliphatic rings. The number of nitrogens with zero attached hydrogens (tertiary/aromatic N) is 1. The number of rotatable bonds is 4. The van der Waals surface area contributed by atoms with Crippen LogP contribution in [-0.4, -0.2) is 27.5 Å². The first-order valence-corrected chi connectivity index (χ1v) is 9.45.